The van der Waals surface area contributed by atoms with Crippen LogP contribution in [0.4, 0.5) is 13.2 Å². The van der Waals surface area contributed by atoms with Crippen LogP contribution in [0.15, 0.2) is 36.4 Å². The molecule has 1 amide bonds. The Morgan fingerprint density at radius 2 is 1.60 bits per heavy atom. The van der Waals surface area contributed by atoms with Crippen molar-refractivity contribution in [2.24, 2.45) is 0 Å². The number of benzene rings is 2. The van der Waals surface area contributed by atoms with E-state index in [0.717, 1.165) is 18.7 Å². The molecule has 0 aliphatic carbocycles. The number of nitrogens with one attached hydrogen (secondary N) is 2. The van der Waals surface area contributed by atoms with Crippen LogP contribution in [0.3, 0.4) is 0 Å². The lowest BCUT2D eigenvalue weighted by Gasteiger charge is -2.13. The fourth-order valence-electron chi connectivity index (χ4n) is 2.30. The van der Waals surface area contributed by atoms with Gasteiger partial charge in [0.15, 0.2) is 17.5 Å². The van der Waals surface area contributed by atoms with Gasteiger partial charge in [-0.15, -0.1) is 12.4 Å². The van der Waals surface area contributed by atoms with Crippen molar-refractivity contribution < 1.29 is 18.0 Å². The molecule has 2 aromatic carbocycles. The Morgan fingerprint density at radius 1 is 1.04 bits per heavy atom. The summed E-state index contributed by atoms with van der Waals surface area (Å²) in [7, 11) is 0. The molecule has 7 heteroatoms. The first-order chi connectivity index (χ1) is 11.4. The summed E-state index contributed by atoms with van der Waals surface area (Å²) in [5.74, 6) is -4.22. The zero-order chi connectivity index (χ0) is 17.7. The molecule has 25 heavy (non-hydrogen) atoms. The Bertz CT molecular complexity index is 700. The van der Waals surface area contributed by atoms with E-state index in [1.54, 1.807) is 24.3 Å². The fraction of sp³-hybridized carbons (Fsp3) is 0.278. The summed E-state index contributed by atoms with van der Waals surface area (Å²) in [6.45, 7) is 5.25. The third kappa shape index (κ3) is 5.47. The van der Waals surface area contributed by atoms with Crippen LogP contribution in [0, 0.1) is 17.5 Å². The summed E-state index contributed by atoms with van der Waals surface area (Å²) in [5, 5.41) is 5.98. The normalized spacial score (nSPS) is 11.6. The quantitative estimate of drug-likeness (QED) is 0.754. The number of hydrogen-bond acceptors (Lipinski definition) is 2. The Balaban J connectivity index is 0.00000312. The van der Waals surface area contributed by atoms with E-state index in [2.05, 4.69) is 10.6 Å². The minimum atomic E-state index is -1.50. The molecular weight excluding hydrogens is 353 g/mol. The smallest absolute Gasteiger partial charge is 0.251 e. The first-order valence-electron chi connectivity index (χ1n) is 7.69. The van der Waals surface area contributed by atoms with E-state index in [9.17, 15) is 18.0 Å². The number of hydrogen-bond donors (Lipinski definition) is 2. The molecule has 1 atom stereocenters. The molecule has 0 fully saturated rings. The second kappa shape index (κ2) is 9.44. The summed E-state index contributed by atoms with van der Waals surface area (Å²) in [6, 6.07) is 8.24. The van der Waals surface area contributed by atoms with Gasteiger partial charge in [-0.1, -0.05) is 19.1 Å². The zero-order valence-corrected chi connectivity index (χ0v) is 14.7. The standard InChI is InChI=1S/C18H19F3N2O.ClH/c1-3-22-11(2)10-23-18(24)13-6-4-12(5-7-13)14-8-15(19)17(21)16(20)9-14;/h4-9,11,22H,3,10H2,1-2H3,(H,23,24);1H/t11-;/m1./s1. The van der Waals surface area contributed by atoms with Gasteiger partial charge in [-0.05, 0) is 48.9 Å². The highest BCUT2D eigenvalue weighted by atomic mass is 35.5. The summed E-state index contributed by atoms with van der Waals surface area (Å²) < 4.78 is 39.6. The fourth-order valence-corrected chi connectivity index (χ4v) is 2.30. The van der Waals surface area contributed by atoms with E-state index in [-0.39, 0.29) is 29.9 Å². The Morgan fingerprint density at radius 3 is 2.12 bits per heavy atom. The Hall–Kier alpha value is -2.05. The van der Waals surface area contributed by atoms with Crippen molar-refractivity contribution in [3.63, 3.8) is 0 Å². The van der Waals surface area contributed by atoms with Crippen LogP contribution in [-0.2, 0) is 0 Å². The first kappa shape index (κ1) is 21.0. The van der Waals surface area contributed by atoms with Gasteiger partial charge in [0.2, 0.25) is 0 Å². The molecular formula is C18H20ClF3N2O. The molecule has 0 saturated carbocycles. The van der Waals surface area contributed by atoms with Crippen LogP contribution in [0.25, 0.3) is 11.1 Å². The number of carbonyl (C=O) groups excluding carboxylic acids is 1. The van der Waals surface area contributed by atoms with Gasteiger partial charge in [-0.2, -0.15) is 0 Å². The molecule has 2 aromatic rings. The van der Waals surface area contributed by atoms with E-state index in [4.69, 9.17) is 0 Å². The van der Waals surface area contributed by atoms with Gasteiger partial charge in [-0.25, -0.2) is 13.2 Å². The van der Waals surface area contributed by atoms with Crippen LogP contribution in [-0.4, -0.2) is 25.0 Å². The van der Waals surface area contributed by atoms with Crippen molar-refractivity contribution >= 4 is 18.3 Å². The molecule has 0 unspecified atom stereocenters. The Kier molecular flexibility index (Phi) is 7.93. The molecule has 136 valence electrons. The summed E-state index contributed by atoms with van der Waals surface area (Å²) in [5.41, 5.74) is 1.13. The molecule has 3 nitrogen and oxygen atoms in total. The number of likely N-dealkylation sites (N-methyl/N-ethyl adjacent to an activating group) is 1. The molecule has 0 aromatic heterocycles. The lowest BCUT2D eigenvalue weighted by Crippen LogP contribution is -2.38. The number of rotatable bonds is 6. The molecule has 2 N–H and O–H groups in total. The minimum Gasteiger partial charge on any atom is -0.350 e. The van der Waals surface area contributed by atoms with E-state index >= 15 is 0 Å². The highest BCUT2D eigenvalue weighted by molar-refractivity contribution is 5.94. The van der Waals surface area contributed by atoms with Gasteiger partial charge in [0.25, 0.3) is 5.91 Å². The van der Waals surface area contributed by atoms with Crippen LogP contribution in [0.1, 0.15) is 24.2 Å². The van der Waals surface area contributed by atoms with Crippen molar-refractivity contribution in [1.29, 1.82) is 0 Å². The summed E-state index contributed by atoms with van der Waals surface area (Å²) >= 11 is 0. The third-order valence-corrected chi connectivity index (χ3v) is 3.59. The first-order valence-corrected chi connectivity index (χ1v) is 7.69. The number of carbonyl (C=O) groups is 1. The number of amides is 1. The zero-order valence-electron chi connectivity index (χ0n) is 13.9. The highest BCUT2D eigenvalue weighted by Gasteiger charge is 2.12. The maximum absolute atomic E-state index is 13.3. The molecule has 0 aliphatic rings. The largest absolute Gasteiger partial charge is 0.350 e. The number of halogens is 4. The van der Waals surface area contributed by atoms with E-state index < -0.39 is 17.5 Å². The SMILES string of the molecule is CCN[C@H](C)CNC(=O)c1ccc(-c2cc(F)c(F)c(F)c2)cc1.Cl. The van der Waals surface area contributed by atoms with Crippen molar-refractivity contribution in [3.8, 4) is 11.1 Å². The van der Waals surface area contributed by atoms with E-state index in [1.807, 2.05) is 13.8 Å². The van der Waals surface area contributed by atoms with Crippen LogP contribution in [0.5, 0.6) is 0 Å². The van der Waals surface area contributed by atoms with Crippen molar-refractivity contribution in [2.45, 2.75) is 19.9 Å². The second-order valence-corrected chi connectivity index (χ2v) is 5.50. The monoisotopic (exact) mass is 372 g/mol. The minimum absolute atomic E-state index is 0. The molecule has 0 saturated heterocycles. The molecule has 0 spiro atoms. The van der Waals surface area contributed by atoms with E-state index in [0.29, 0.717) is 17.7 Å². The van der Waals surface area contributed by atoms with Gasteiger partial charge >= 0.3 is 0 Å². The van der Waals surface area contributed by atoms with Crippen LogP contribution >= 0.6 is 12.4 Å². The van der Waals surface area contributed by atoms with Crippen LogP contribution in [0.2, 0.25) is 0 Å². The van der Waals surface area contributed by atoms with Gasteiger partial charge in [0.05, 0.1) is 0 Å². The van der Waals surface area contributed by atoms with Gasteiger partial charge < -0.3 is 10.6 Å². The summed E-state index contributed by atoms with van der Waals surface area (Å²) in [4.78, 5) is 12.0. The molecule has 0 radical (unpaired) electrons. The molecule has 0 heterocycles. The van der Waals surface area contributed by atoms with Crippen molar-refractivity contribution in [2.75, 3.05) is 13.1 Å². The average molecular weight is 373 g/mol. The van der Waals surface area contributed by atoms with Crippen molar-refractivity contribution in [3.05, 3.63) is 59.4 Å². The lowest BCUT2D eigenvalue weighted by atomic mass is 10.0. The summed E-state index contributed by atoms with van der Waals surface area (Å²) in [6.07, 6.45) is 0. The second-order valence-electron chi connectivity index (χ2n) is 5.50. The lowest BCUT2D eigenvalue weighted by molar-refractivity contribution is 0.0950. The highest BCUT2D eigenvalue weighted by Crippen LogP contribution is 2.24. The van der Waals surface area contributed by atoms with Crippen LogP contribution < -0.4 is 10.6 Å². The topological polar surface area (TPSA) is 41.1 Å². The third-order valence-electron chi connectivity index (χ3n) is 3.59. The Labute approximate surface area is 151 Å². The molecule has 2 rings (SSSR count). The predicted octanol–water partition coefficient (Wildman–Crippen LogP) is 3.92. The average Bonchev–Trinajstić information content (AvgIpc) is 2.57. The van der Waals surface area contributed by atoms with Gasteiger partial charge in [0.1, 0.15) is 0 Å². The molecule has 0 aliphatic heterocycles. The van der Waals surface area contributed by atoms with Gasteiger partial charge in [-0.3, -0.25) is 4.79 Å². The maximum atomic E-state index is 13.3. The van der Waals surface area contributed by atoms with Gasteiger partial charge in [0, 0.05) is 18.2 Å². The van der Waals surface area contributed by atoms with Crippen molar-refractivity contribution in [1.82, 2.24) is 10.6 Å². The maximum Gasteiger partial charge on any atom is 0.251 e. The predicted molar refractivity (Wildman–Crippen MR) is 94.5 cm³/mol. The van der Waals surface area contributed by atoms with E-state index in [1.165, 1.54) is 0 Å². The molecule has 0 bridgehead atoms.